The summed E-state index contributed by atoms with van der Waals surface area (Å²) in [6.45, 7) is 2.33. The van der Waals surface area contributed by atoms with Gasteiger partial charge in [0.05, 0.1) is 22.7 Å². The number of nitriles is 1. The van der Waals surface area contributed by atoms with E-state index in [0.29, 0.717) is 16.6 Å². The Morgan fingerprint density at radius 2 is 2.11 bits per heavy atom. The average Bonchev–Trinajstić information content (AvgIpc) is 2.36. The topological polar surface area (TPSA) is 45.8 Å². The minimum atomic E-state index is -0.0895. The van der Waals surface area contributed by atoms with Crippen LogP contribution in [0.5, 0.6) is 0 Å². The first-order chi connectivity index (χ1) is 8.61. The van der Waals surface area contributed by atoms with E-state index >= 15 is 0 Å². The van der Waals surface area contributed by atoms with Crippen molar-refractivity contribution in [1.29, 1.82) is 5.26 Å². The third kappa shape index (κ3) is 2.52. The van der Waals surface area contributed by atoms with Gasteiger partial charge in [0.2, 0.25) is 0 Å². The van der Waals surface area contributed by atoms with Crippen LogP contribution in [0.15, 0.2) is 45.8 Å². The van der Waals surface area contributed by atoms with E-state index in [9.17, 15) is 4.79 Å². The van der Waals surface area contributed by atoms with Crippen LogP contribution in [0.2, 0.25) is 0 Å². The number of rotatable bonds is 2. The van der Waals surface area contributed by atoms with Crippen molar-refractivity contribution >= 4 is 15.9 Å². The Morgan fingerprint density at radius 1 is 1.39 bits per heavy atom. The van der Waals surface area contributed by atoms with Crippen molar-refractivity contribution in [1.82, 2.24) is 4.57 Å². The van der Waals surface area contributed by atoms with Gasteiger partial charge < -0.3 is 4.57 Å². The lowest BCUT2D eigenvalue weighted by molar-refractivity contribution is 0.748. The number of aryl methyl sites for hydroxylation is 1. The summed E-state index contributed by atoms with van der Waals surface area (Å²) >= 11 is 3.25. The fourth-order valence-electron chi connectivity index (χ4n) is 1.81. The van der Waals surface area contributed by atoms with Gasteiger partial charge in [-0.3, -0.25) is 4.79 Å². The Balaban J connectivity index is 2.47. The number of aromatic nitrogens is 1. The van der Waals surface area contributed by atoms with Gasteiger partial charge in [-0.2, -0.15) is 5.26 Å². The van der Waals surface area contributed by atoms with Crippen molar-refractivity contribution in [3.63, 3.8) is 0 Å². The van der Waals surface area contributed by atoms with Crippen molar-refractivity contribution in [2.24, 2.45) is 0 Å². The molecule has 0 aliphatic heterocycles. The Hall–Kier alpha value is -1.86. The van der Waals surface area contributed by atoms with Crippen LogP contribution in [0, 0.1) is 18.3 Å². The number of benzene rings is 1. The summed E-state index contributed by atoms with van der Waals surface area (Å²) in [5.41, 5.74) is 2.35. The molecule has 0 atom stereocenters. The van der Waals surface area contributed by atoms with Crippen LogP contribution in [0.4, 0.5) is 0 Å². The molecule has 0 amide bonds. The normalized spacial score (nSPS) is 10.1. The number of halogens is 1. The zero-order valence-electron chi connectivity index (χ0n) is 9.85. The van der Waals surface area contributed by atoms with E-state index in [1.54, 1.807) is 22.9 Å². The molecular weight excluding hydrogens is 292 g/mol. The van der Waals surface area contributed by atoms with E-state index in [-0.39, 0.29) is 5.56 Å². The van der Waals surface area contributed by atoms with Gasteiger partial charge in [-0.1, -0.05) is 18.2 Å². The molecule has 0 spiro atoms. The lowest BCUT2D eigenvalue weighted by atomic mass is 10.1. The lowest BCUT2D eigenvalue weighted by Gasteiger charge is -2.09. The van der Waals surface area contributed by atoms with E-state index in [0.717, 1.165) is 11.1 Å². The third-order valence-corrected chi connectivity index (χ3v) is 3.23. The van der Waals surface area contributed by atoms with E-state index in [2.05, 4.69) is 22.0 Å². The first kappa shape index (κ1) is 12.6. The van der Waals surface area contributed by atoms with Crippen molar-refractivity contribution < 1.29 is 0 Å². The summed E-state index contributed by atoms with van der Waals surface area (Å²) in [4.78, 5) is 12.0. The SMILES string of the molecule is Cc1cc(Br)c(=O)n(Cc2ccccc2C#N)c1. The number of pyridine rings is 1. The predicted octanol–water partition coefficient (Wildman–Crippen LogP) is 2.84. The van der Waals surface area contributed by atoms with Crippen molar-refractivity contribution in [3.8, 4) is 6.07 Å². The van der Waals surface area contributed by atoms with Gasteiger partial charge in [0.1, 0.15) is 0 Å². The second-order valence-corrected chi connectivity index (χ2v) is 4.92. The summed E-state index contributed by atoms with van der Waals surface area (Å²) in [7, 11) is 0. The molecule has 18 heavy (non-hydrogen) atoms. The van der Waals surface area contributed by atoms with E-state index in [4.69, 9.17) is 5.26 Å². The molecule has 2 aromatic rings. The molecule has 0 N–H and O–H groups in total. The quantitative estimate of drug-likeness (QED) is 0.856. The van der Waals surface area contributed by atoms with Crippen LogP contribution < -0.4 is 5.56 Å². The standard InChI is InChI=1S/C14H11BrN2O/c1-10-6-13(15)14(18)17(8-10)9-12-5-3-2-4-11(12)7-16/h2-6,8H,9H2,1H3. The molecule has 4 heteroatoms. The monoisotopic (exact) mass is 302 g/mol. The Bertz CT molecular complexity index is 683. The minimum Gasteiger partial charge on any atom is -0.310 e. The van der Waals surface area contributed by atoms with E-state index in [1.807, 2.05) is 25.1 Å². The van der Waals surface area contributed by atoms with Crippen LogP contribution in [0.25, 0.3) is 0 Å². The highest BCUT2D eigenvalue weighted by Gasteiger charge is 2.06. The number of hydrogen-bond donors (Lipinski definition) is 0. The molecule has 2 rings (SSSR count). The molecule has 0 radical (unpaired) electrons. The van der Waals surface area contributed by atoms with Crippen LogP contribution in [-0.2, 0) is 6.54 Å². The molecule has 0 saturated carbocycles. The maximum absolute atomic E-state index is 12.0. The van der Waals surface area contributed by atoms with Crippen LogP contribution in [-0.4, -0.2) is 4.57 Å². The lowest BCUT2D eigenvalue weighted by Crippen LogP contribution is -2.21. The van der Waals surface area contributed by atoms with Gasteiger partial charge >= 0.3 is 0 Å². The Morgan fingerprint density at radius 3 is 2.83 bits per heavy atom. The Labute approximate surface area is 113 Å². The molecule has 1 aromatic carbocycles. The van der Waals surface area contributed by atoms with E-state index in [1.165, 1.54) is 0 Å². The van der Waals surface area contributed by atoms with Crippen LogP contribution >= 0.6 is 15.9 Å². The smallest absolute Gasteiger partial charge is 0.265 e. The minimum absolute atomic E-state index is 0.0895. The summed E-state index contributed by atoms with van der Waals surface area (Å²) in [6, 6.07) is 11.2. The third-order valence-electron chi connectivity index (χ3n) is 2.66. The number of hydrogen-bond acceptors (Lipinski definition) is 2. The fourth-order valence-corrected chi connectivity index (χ4v) is 2.40. The largest absolute Gasteiger partial charge is 0.310 e. The molecule has 0 aliphatic rings. The molecule has 0 saturated heterocycles. The second-order valence-electron chi connectivity index (χ2n) is 4.07. The Kier molecular flexibility index (Phi) is 3.63. The molecule has 90 valence electrons. The summed E-state index contributed by atoms with van der Waals surface area (Å²) in [5.74, 6) is 0. The second kappa shape index (κ2) is 5.19. The molecule has 0 unspecified atom stereocenters. The van der Waals surface area contributed by atoms with Gasteiger partial charge in [0, 0.05) is 6.20 Å². The zero-order chi connectivity index (χ0) is 13.1. The molecule has 0 aliphatic carbocycles. The molecule has 0 fully saturated rings. The summed E-state index contributed by atoms with van der Waals surface area (Å²) < 4.78 is 2.15. The van der Waals surface area contributed by atoms with Crippen LogP contribution in [0.1, 0.15) is 16.7 Å². The van der Waals surface area contributed by atoms with Gasteiger partial charge in [-0.25, -0.2) is 0 Å². The molecular formula is C14H11BrN2O. The van der Waals surface area contributed by atoms with Gasteiger partial charge in [-0.15, -0.1) is 0 Å². The van der Waals surface area contributed by atoms with Crippen molar-refractivity contribution in [2.45, 2.75) is 13.5 Å². The molecule has 0 bridgehead atoms. The maximum atomic E-state index is 12.0. The van der Waals surface area contributed by atoms with Crippen LogP contribution in [0.3, 0.4) is 0 Å². The van der Waals surface area contributed by atoms with Gasteiger partial charge in [-0.05, 0) is 46.1 Å². The highest BCUT2D eigenvalue weighted by Crippen LogP contribution is 2.11. The average molecular weight is 303 g/mol. The van der Waals surface area contributed by atoms with E-state index < -0.39 is 0 Å². The van der Waals surface area contributed by atoms with Gasteiger partial charge in [0.25, 0.3) is 5.56 Å². The number of nitrogens with zero attached hydrogens (tertiary/aromatic N) is 2. The molecule has 1 heterocycles. The first-order valence-corrected chi connectivity index (χ1v) is 6.25. The molecule has 3 nitrogen and oxygen atoms in total. The molecule has 1 aromatic heterocycles. The maximum Gasteiger partial charge on any atom is 0.265 e. The summed E-state index contributed by atoms with van der Waals surface area (Å²) in [5, 5.41) is 9.03. The highest BCUT2D eigenvalue weighted by molar-refractivity contribution is 9.10. The predicted molar refractivity (Wildman–Crippen MR) is 73.4 cm³/mol. The van der Waals surface area contributed by atoms with Crippen molar-refractivity contribution in [3.05, 3.63) is 68.0 Å². The first-order valence-electron chi connectivity index (χ1n) is 5.46. The fraction of sp³-hybridized carbons (Fsp3) is 0.143. The summed E-state index contributed by atoms with van der Waals surface area (Å²) in [6.07, 6.45) is 1.79. The zero-order valence-corrected chi connectivity index (χ0v) is 11.4. The van der Waals surface area contributed by atoms with Crippen molar-refractivity contribution in [2.75, 3.05) is 0 Å². The van der Waals surface area contributed by atoms with Gasteiger partial charge in [0.15, 0.2) is 0 Å². The highest BCUT2D eigenvalue weighted by atomic mass is 79.9.